The first-order valence-corrected chi connectivity index (χ1v) is 8.54. The first-order chi connectivity index (χ1) is 10.2. The van der Waals surface area contributed by atoms with E-state index in [2.05, 4.69) is 0 Å². The highest BCUT2D eigenvalue weighted by Gasteiger charge is 2.39. The highest BCUT2D eigenvalue weighted by Crippen LogP contribution is 2.36. The van der Waals surface area contributed by atoms with E-state index in [1.54, 1.807) is 0 Å². The van der Waals surface area contributed by atoms with Crippen molar-refractivity contribution in [1.82, 2.24) is 0 Å². The zero-order chi connectivity index (χ0) is 16.5. The standard InChI is InChI=1S/C12H13ClN2O6S/c13-9-3-1-2-4-11(9)22(20,21)12-6-5-8(14(16)17)7-10(12)15(18)19/h5-7,9,11H,1-4H2/t9-,11+/m1/s1. The molecule has 2 rings (SSSR count). The van der Waals surface area contributed by atoms with E-state index in [-0.39, 0.29) is 0 Å². The minimum absolute atomic E-state index is 0.324. The van der Waals surface area contributed by atoms with Crippen molar-refractivity contribution >= 4 is 32.8 Å². The van der Waals surface area contributed by atoms with Gasteiger partial charge in [0.25, 0.3) is 11.4 Å². The van der Waals surface area contributed by atoms with Gasteiger partial charge in [-0.05, 0) is 18.9 Å². The van der Waals surface area contributed by atoms with Gasteiger partial charge in [0.15, 0.2) is 9.84 Å². The molecule has 0 saturated heterocycles. The van der Waals surface area contributed by atoms with Gasteiger partial charge < -0.3 is 0 Å². The summed E-state index contributed by atoms with van der Waals surface area (Å²) >= 11 is 6.07. The fourth-order valence-corrected chi connectivity index (χ4v) is 5.26. The summed E-state index contributed by atoms with van der Waals surface area (Å²) < 4.78 is 25.3. The number of nitro groups is 2. The molecule has 1 aliphatic carbocycles. The van der Waals surface area contributed by atoms with Crippen molar-refractivity contribution in [3.63, 3.8) is 0 Å². The maximum absolute atomic E-state index is 12.6. The lowest BCUT2D eigenvalue weighted by molar-refractivity contribution is -0.396. The van der Waals surface area contributed by atoms with Crippen LogP contribution in [0.15, 0.2) is 23.1 Å². The van der Waals surface area contributed by atoms with E-state index in [0.29, 0.717) is 25.3 Å². The molecule has 0 N–H and O–H groups in total. The summed E-state index contributed by atoms with van der Waals surface area (Å²) in [4.78, 5) is 19.5. The lowest BCUT2D eigenvalue weighted by Crippen LogP contribution is -2.34. The molecule has 10 heteroatoms. The van der Waals surface area contributed by atoms with Gasteiger partial charge in [-0.15, -0.1) is 11.6 Å². The van der Waals surface area contributed by atoms with Crippen LogP contribution in [0.3, 0.4) is 0 Å². The number of rotatable bonds is 4. The van der Waals surface area contributed by atoms with Gasteiger partial charge in [-0.2, -0.15) is 0 Å². The van der Waals surface area contributed by atoms with Gasteiger partial charge in [0.1, 0.15) is 4.90 Å². The van der Waals surface area contributed by atoms with Crippen LogP contribution in [0.2, 0.25) is 0 Å². The van der Waals surface area contributed by atoms with Crippen LogP contribution in [0.25, 0.3) is 0 Å². The van der Waals surface area contributed by atoms with Crippen molar-refractivity contribution in [2.45, 2.75) is 41.2 Å². The average molecular weight is 349 g/mol. The van der Waals surface area contributed by atoms with E-state index in [4.69, 9.17) is 11.6 Å². The summed E-state index contributed by atoms with van der Waals surface area (Å²) in [6.45, 7) is 0. The Labute approximate surface area is 131 Å². The number of sulfone groups is 1. The maximum atomic E-state index is 12.6. The number of non-ortho nitro benzene ring substituents is 1. The van der Waals surface area contributed by atoms with Gasteiger partial charge in [0.05, 0.1) is 26.5 Å². The van der Waals surface area contributed by atoms with Crippen LogP contribution in [0, 0.1) is 20.2 Å². The molecule has 0 amide bonds. The first-order valence-electron chi connectivity index (χ1n) is 6.56. The molecule has 1 aromatic carbocycles. The molecule has 0 unspecified atom stereocenters. The summed E-state index contributed by atoms with van der Waals surface area (Å²) in [5.74, 6) is 0. The summed E-state index contributed by atoms with van der Waals surface area (Å²) in [5, 5.41) is 20.3. The molecule has 0 bridgehead atoms. The molecular formula is C12H13ClN2O6S. The van der Waals surface area contributed by atoms with Crippen LogP contribution in [0.4, 0.5) is 11.4 Å². The van der Waals surface area contributed by atoms with Crippen LogP contribution >= 0.6 is 11.6 Å². The average Bonchev–Trinajstić information content (AvgIpc) is 2.46. The van der Waals surface area contributed by atoms with Crippen LogP contribution in [0.5, 0.6) is 0 Å². The number of benzene rings is 1. The van der Waals surface area contributed by atoms with Crippen molar-refractivity contribution < 1.29 is 18.3 Å². The second-order valence-corrected chi connectivity index (χ2v) is 7.75. The summed E-state index contributed by atoms with van der Waals surface area (Å²) in [7, 11) is -4.03. The smallest absolute Gasteiger partial charge is 0.258 e. The Hall–Kier alpha value is -1.74. The molecule has 120 valence electrons. The zero-order valence-corrected chi connectivity index (χ0v) is 12.9. The van der Waals surface area contributed by atoms with Crippen molar-refractivity contribution in [2.75, 3.05) is 0 Å². The summed E-state index contributed by atoms with van der Waals surface area (Å²) in [5.41, 5.74) is -1.32. The Morgan fingerprint density at radius 3 is 2.27 bits per heavy atom. The molecular weight excluding hydrogens is 336 g/mol. The molecule has 0 aromatic heterocycles. The van der Waals surface area contributed by atoms with Crippen LogP contribution in [0.1, 0.15) is 25.7 Å². The fourth-order valence-electron chi connectivity index (χ4n) is 2.57. The molecule has 1 fully saturated rings. The van der Waals surface area contributed by atoms with Gasteiger partial charge in [0.2, 0.25) is 0 Å². The third kappa shape index (κ3) is 3.05. The minimum atomic E-state index is -4.03. The van der Waals surface area contributed by atoms with Gasteiger partial charge in [-0.25, -0.2) is 8.42 Å². The number of nitro benzene ring substituents is 2. The van der Waals surface area contributed by atoms with Gasteiger partial charge >= 0.3 is 0 Å². The predicted molar refractivity (Wildman–Crippen MR) is 78.8 cm³/mol. The highest BCUT2D eigenvalue weighted by molar-refractivity contribution is 7.92. The molecule has 22 heavy (non-hydrogen) atoms. The summed E-state index contributed by atoms with van der Waals surface area (Å²) in [6.07, 6.45) is 2.33. The van der Waals surface area contributed by atoms with Gasteiger partial charge in [-0.1, -0.05) is 12.8 Å². The zero-order valence-electron chi connectivity index (χ0n) is 11.3. The minimum Gasteiger partial charge on any atom is -0.258 e. The Morgan fingerprint density at radius 2 is 1.73 bits per heavy atom. The van der Waals surface area contributed by atoms with E-state index in [0.717, 1.165) is 18.6 Å². The lowest BCUT2D eigenvalue weighted by atomic mass is 10.00. The Morgan fingerprint density at radius 1 is 1.09 bits per heavy atom. The molecule has 8 nitrogen and oxygen atoms in total. The van der Waals surface area contributed by atoms with Gasteiger partial charge in [-0.3, -0.25) is 20.2 Å². The van der Waals surface area contributed by atoms with Crippen LogP contribution in [-0.4, -0.2) is 28.9 Å². The lowest BCUT2D eigenvalue weighted by Gasteiger charge is -2.26. The molecule has 0 aliphatic heterocycles. The Kier molecular flexibility index (Phi) is 4.66. The Balaban J connectivity index is 2.55. The van der Waals surface area contributed by atoms with E-state index in [1.807, 2.05) is 0 Å². The topological polar surface area (TPSA) is 120 Å². The van der Waals surface area contributed by atoms with Crippen LogP contribution < -0.4 is 0 Å². The van der Waals surface area contributed by atoms with Crippen LogP contribution in [-0.2, 0) is 9.84 Å². The molecule has 1 aromatic rings. The number of hydrogen-bond acceptors (Lipinski definition) is 6. The number of alkyl halides is 1. The van der Waals surface area contributed by atoms with Crippen molar-refractivity contribution in [3.05, 3.63) is 38.4 Å². The first kappa shape index (κ1) is 16.6. The second-order valence-electron chi connectivity index (χ2n) is 5.05. The highest BCUT2D eigenvalue weighted by atomic mass is 35.5. The monoisotopic (exact) mass is 348 g/mol. The molecule has 0 heterocycles. The van der Waals surface area contributed by atoms with E-state index in [1.165, 1.54) is 0 Å². The van der Waals surface area contributed by atoms with Gasteiger partial charge in [0, 0.05) is 6.07 Å². The Bertz CT molecular complexity index is 720. The van der Waals surface area contributed by atoms with Crippen molar-refractivity contribution in [1.29, 1.82) is 0 Å². The van der Waals surface area contributed by atoms with E-state index in [9.17, 15) is 28.6 Å². The second kappa shape index (κ2) is 6.17. The number of hydrogen-bond donors (Lipinski definition) is 0. The third-order valence-corrected chi connectivity index (χ3v) is 6.67. The quantitative estimate of drug-likeness (QED) is 0.468. The van der Waals surface area contributed by atoms with E-state index < -0.39 is 46.6 Å². The maximum Gasteiger partial charge on any atom is 0.294 e. The largest absolute Gasteiger partial charge is 0.294 e. The predicted octanol–water partition coefficient (Wildman–Crippen LogP) is 2.83. The molecule has 1 saturated carbocycles. The third-order valence-electron chi connectivity index (χ3n) is 3.68. The number of halogens is 1. The summed E-state index contributed by atoms with van der Waals surface area (Å²) in [6, 6.07) is 2.54. The normalized spacial score (nSPS) is 22.2. The molecule has 0 radical (unpaired) electrons. The molecule has 1 aliphatic rings. The number of nitrogens with zero attached hydrogens (tertiary/aromatic N) is 2. The SMILES string of the molecule is O=[N+]([O-])c1ccc(S(=O)(=O)[C@H]2CCCC[C@H]2Cl)c([N+](=O)[O-])c1. The van der Waals surface area contributed by atoms with Crippen molar-refractivity contribution in [2.24, 2.45) is 0 Å². The molecule has 0 spiro atoms. The fraction of sp³-hybridized carbons (Fsp3) is 0.500. The molecule has 2 atom stereocenters. The van der Waals surface area contributed by atoms with Crippen molar-refractivity contribution in [3.8, 4) is 0 Å². The van der Waals surface area contributed by atoms with E-state index >= 15 is 0 Å².